The first-order valence-corrected chi connectivity index (χ1v) is 11.3. The Balaban J connectivity index is 1.54. The van der Waals surface area contributed by atoms with Gasteiger partial charge in [-0.3, -0.25) is 14.5 Å². The van der Waals surface area contributed by atoms with E-state index in [0.717, 1.165) is 29.7 Å². The van der Waals surface area contributed by atoms with Gasteiger partial charge in [0.25, 0.3) is 11.8 Å². The van der Waals surface area contributed by atoms with Crippen LogP contribution in [0.1, 0.15) is 52.4 Å². The van der Waals surface area contributed by atoms with Crippen molar-refractivity contribution in [1.82, 2.24) is 14.9 Å². The van der Waals surface area contributed by atoms with E-state index in [2.05, 4.69) is 57.0 Å². The Bertz CT molecular complexity index is 1080. The molecule has 164 valence electrons. The van der Waals surface area contributed by atoms with Crippen LogP contribution in [-0.2, 0) is 16.0 Å². The van der Waals surface area contributed by atoms with Gasteiger partial charge in [-0.25, -0.2) is 4.98 Å². The molecule has 1 aliphatic carbocycles. The quantitative estimate of drug-likeness (QED) is 0.549. The van der Waals surface area contributed by atoms with E-state index in [1.165, 1.54) is 16.0 Å². The van der Waals surface area contributed by atoms with Gasteiger partial charge in [-0.2, -0.15) is 0 Å². The third kappa shape index (κ3) is 3.98. The maximum atomic E-state index is 12.6. The van der Waals surface area contributed by atoms with Crippen LogP contribution < -0.4 is 0 Å². The number of hydrogen-bond acceptors (Lipinski definition) is 3. The Morgan fingerprint density at radius 1 is 1.10 bits per heavy atom. The molecule has 4 rings (SSSR count). The molecule has 2 aliphatic rings. The van der Waals surface area contributed by atoms with E-state index in [-0.39, 0.29) is 17.7 Å². The van der Waals surface area contributed by atoms with Gasteiger partial charge >= 0.3 is 0 Å². The van der Waals surface area contributed by atoms with Gasteiger partial charge in [0.05, 0.1) is 11.0 Å². The first-order valence-electron chi connectivity index (χ1n) is 11.3. The Kier molecular flexibility index (Phi) is 5.63. The van der Waals surface area contributed by atoms with Gasteiger partial charge < -0.3 is 4.98 Å². The van der Waals surface area contributed by atoms with Crippen LogP contribution in [0.25, 0.3) is 11.0 Å². The van der Waals surface area contributed by atoms with E-state index in [0.29, 0.717) is 35.4 Å². The van der Waals surface area contributed by atoms with E-state index in [1.807, 2.05) is 0 Å². The van der Waals surface area contributed by atoms with Gasteiger partial charge in [-0.1, -0.05) is 31.6 Å². The number of allylic oxidation sites excluding steroid dienone is 1. The van der Waals surface area contributed by atoms with Crippen LogP contribution in [0.15, 0.2) is 41.0 Å². The zero-order valence-corrected chi connectivity index (χ0v) is 19.5. The number of H-pyrrole nitrogens is 1. The summed E-state index contributed by atoms with van der Waals surface area (Å²) in [4.78, 5) is 34.9. The molecule has 2 aromatic rings. The Hall–Kier alpha value is -2.69. The number of benzene rings is 1. The van der Waals surface area contributed by atoms with Crippen LogP contribution in [0.4, 0.5) is 0 Å². The fraction of sp³-hybridized carbons (Fsp3) is 0.500. The van der Waals surface area contributed by atoms with Crippen molar-refractivity contribution in [3.05, 3.63) is 52.4 Å². The van der Waals surface area contributed by atoms with Crippen molar-refractivity contribution in [2.75, 3.05) is 6.54 Å². The summed E-state index contributed by atoms with van der Waals surface area (Å²) in [6.07, 6.45) is 4.24. The van der Waals surface area contributed by atoms with Crippen molar-refractivity contribution in [2.24, 2.45) is 23.7 Å². The van der Waals surface area contributed by atoms with Gasteiger partial charge in [0.15, 0.2) is 0 Å². The number of carbonyl (C=O) groups is 2. The number of nitrogens with zero attached hydrogens (tertiary/aromatic N) is 2. The molecule has 1 aliphatic heterocycles. The predicted molar refractivity (Wildman–Crippen MR) is 123 cm³/mol. The molecule has 2 heterocycles. The fourth-order valence-electron chi connectivity index (χ4n) is 5.19. The number of fused-ring (bicyclic) bond motifs is 1. The molecule has 0 unspecified atom stereocenters. The van der Waals surface area contributed by atoms with E-state index in [1.54, 1.807) is 13.8 Å². The van der Waals surface area contributed by atoms with Gasteiger partial charge in [0.2, 0.25) is 0 Å². The number of imide groups is 1. The zero-order valence-electron chi connectivity index (χ0n) is 19.5. The summed E-state index contributed by atoms with van der Waals surface area (Å²) in [5.41, 5.74) is 5.83. The smallest absolute Gasteiger partial charge is 0.256 e. The summed E-state index contributed by atoms with van der Waals surface area (Å²) < 4.78 is 0. The normalized spacial score (nSPS) is 24.7. The summed E-state index contributed by atoms with van der Waals surface area (Å²) in [6, 6.07) is 6.31. The van der Waals surface area contributed by atoms with Crippen LogP contribution in [-0.4, -0.2) is 33.2 Å². The molecule has 0 bridgehead atoms. The minimum absolute atomic E-state index is 0.129. The minimum Gasteiger partial charge on any atom is -0.342 e. The molecule has 0 fully saturated rings. The van der Waals surface area contributed by atoms with Gasteiger partial charge in [-0.05, 0) is 75.5 Å². The second-order valence-electron chi connectivity index (χ2n) is 9.79. The van der Waals surface area contributed by atoms with Crippen molar-refractivity contribution < 1.29 is 9.59 Å². The number of aromatic nitrogens is 2. The van der Waals surface area contributed by atoms with Gasteiger partial charge in [-0.15, -0.1) is 0 Å². The second-order valence-corrected chi connectivity index (χ2v) is 9.79. The summed E-state index contributed by atoms with van der Waals surface area (Å²) in [6.45, 7) is 12.7. The first-order chi connectivity index (χ1) is 14.7. The number of rotatable bonds is 5. The highest BCUT2D eigenvalue weighted by molar-refractivity contribution is 6.18. The molecule has 0 spiro atoms. The Morgan fingerprint density at radius 3 is 2.42 bits per heavy atom. The first kappa shape index (κ1) is 21.5. The molecule has 5 nitrogen and oxygen atoms in total. The van der Waals surface area contributed by atoms with Gasteiger partial charge in [0.1, 0.15) is 5.82 Å². The maximum absolute atomic E-state index is 12.6. The van der Waals surface area contributed by atoms with E-state index >= 15 is 0 Å². The number of hydrogen-bond donors (Lipinski definition) is 1. The van der Waals surface area contributed by atoms with E-state index < -0.39 is 0 Å². The molecule has 1 N–H and O–H groups in total. The van der Waals surface area contributed by atoms with E-state index in [9.17, 15) is 9.59 Å². The molecule has 5 heteroatoms. The molecule has 1 aromatic carbocycles. The molecular formula is C26H33N3O2. The van der Waals surface area contributed by atoms with Crippen molar-refractivity contribution in [2.45, 2.75) is 54.4 Å². The Labute approximate surface area is 184 Å². The van der Waals surface area contributed by atoms with Crippen LogP contribution in [0.3, 0.4) is 0 Å². The lowest BCUT2D eigenvalue weighted by molar-refractivity contribution is -0.138. The van der Waals surface area contributed by atoms with Crippen molar-refractivity contribution in [1.29, 1.82) is 0 Å². The number of carbonyl (C=O) groups excluding carboxylic acids is 2. The summed E-state index contributed by atoms with van der Waals surface area (Å²) in [5, 5.41) is 0. The van der Waals surface area contributed by atoms with E-state index in [4.69, 9.17) is 4.98 Å². The highest BCUT2D eigenvalue weighted by Gasteiger charge is 2.38. The maximum Gasteiger partial charge on any atom is 0.256 e. The third-order valence-corrected chi connectivity index (χ3v) is 7.30. The van der Waals surface area contributed by atoms with Crippen LogP contribution >= 0.6 is 0 Å². The van der Waals surface area contributed by atoms with Crippen LogP contribution in [0.2, 0.25) is 0 Å². The predicted octanol–water partition coefficient (Wildman–Crippen LogP) is 4.97. The summed E-state index contributed by atoms with van der Waals surface area (Å²) in [5.74, 6) is 2.27. The Morgan fingerprint density at radius 2 is 1.77 bits per heavy atom. The lowest BCUT2D eigenvalue weighted by Crippen LogP contribution is -2.40. The fourth-order valence-corrected chi connectivity index (χ4v) is 5.19. The number of amides is 2. The molecule has 31 heavy (non-hydrogen) atoms. The molecule has 1 aromatic heterocycles. The molecule has 0 saturated heterocycles. The highest BCUT2D eigenvalue weighted by atomic mass is 16.2. The second kappa shape index (κ2) is 8.10. The monoisotopic (exact) mass is 419 g/mol. The number of nitrogens with one attached hydrogen (secondary N) is 1. The van der Waals surface area contributed by atoms with Crippen LogP contribution in [0.5, 0.6) is 0 Å². The number of aryl methyl sites for hydroxylation is 1. The SMILES string of the molecule is CC1=C[C@@H](CN2C(=O)C(C)=C(C)C2=O)[C@H](C(C)C)C[C@H]1Cc1nc2ccc(C)cc2[nH]1. The van der Waals surface area contributed by atoms with Crippen molar-refractivity contribution in [3.8, 4) is 0 Å². The number of aromatic amines is 1. The topological polar surface area (TPSA) is 66.1 Å². The lowest BCUT2D eigenvalue weighted by atomic mass is 9.69. The van der Waals surface area contributed by atoms with Crippen molar-refractivity contribution >= 4 is 22.8 Å². The van der Waals surface area contributed by atoms with Crippen LogP contribution in [0, 0.1) is 30.6 Å². The van der Waals surface area contributed by atoms with Gasteiger partial charge in [0, 0.05) is 24.1 Å². The lowest BCUT2D eigenvalue weighted by Gasteiger charge is -2.38. The molecule has 0 saturated carbocycles. The third-order valence-electron chi connectivity index (χ3n) is 7.30. The standard InChI is InChI=1S/C26H33N3O2/c1-14(2)21-11-19(12-24-27-22-8-7-15(3)9-23(22)28-24)16(4)10-20(21)13-29-25(30)17(5)18(6)26(29)31/h7-10,14,19-21H,11-13H2,1-6H3,(H,27,28)/t19-,20-,21-/m0/s1. The molecular weight excluding hydrogens is 386 g/mol. The minimum atomic E-state index is -0.129. The highest BCUT2D eigenvalue weighted by Crippen LogP contribution is 2.40. The number of imidazole rings is 1. The van der Waals surface area contributed by atoms with Crippen molar-refractivity contribution in [3.63, 3.8) is 0 Å². The molecule has 2 amide bonds. The largest absolute Gasteiger partial charge is 0.342 e. The molecule has 3 atom stereocenters. The average molecular weight is 420 g/mol. The summed E-state index contributed by atoms with van der Waals surface area (Å²) in [7, 11) is 0. The molecule has 0 radical (unpaired) electrons. The summed E-state index contributed by atoms with van der Waals surface area (Å²) >= 11 is 0. The zero-order chi connectivity index (χ0) is 22.4. The average Bonchev–Trinajstić information content (AvgIpc) is 3.19.